The lowest BCUT2D eigenvalue weighted by Crippen LogP contribution is -2.23. The molecule has 17 heavy (non-hydrogen) atoms. The van der Waals surface area contributed by atoms with Gasteiger partial charge >= 0.3 is 0 Å². The zero-order chi connectivity index (χ0) is 13.0. The van der Waals surface area contributed by atoms with Crippen LogP contribution in [0.5, 0.6) is 5.75 Å². The van der Waals surface area contributed by atoms with Gasteiger partial charge in [-0.1, -0.05) is 0 Å². The Bertz CT molecular complexity index is 364. The van der Waals surface area contributed by atoms with E-state index < -0.39 is 29.6 Å². The summed E-state index contributed by atoms with van der Waals surface area (Å²) in [5, 5.41) is 30.9. The third-order valence-electron chi connectivity index (χ3n) is 2.44. The summed E-state index contributed by atoms with van der Waals surface area (Å²) < 4.78 is 26.0. The lowest BCUT2D eigenvalue weighted by molar-refractivity contribution is 0.0136. The standard InChI is InChI=1S/C11H15F2NO3/c1-14-3-2-9(15)10(16)6-4-7(12)11(17)8(13)5-6/h4-5,9-10,14-17H,2-3H2,1H3. The van der Waals surface area contributed by atoms with E-state index in [9.17, 15) is 19.0 Å². The fourth-order valence-corrected chi connectivity index (χ4v) is 1.43. The quantitative estimate of drug-likeness (QED) is 0.617. The van der Waals surface area contributed by atoms with Crippen LogP contribution in [0.3, 0.4) is 0 Å². The zero-order valence-electron chi connectivity index (χ0n) is 9.32. The number of phenols is 1. The van der Waals surface area contributed by atoms with Crippen LogP contribution in [0.1, 0.15) is 18.1 Å². The first-order valence-electron chi connectivity index (χ1n) is 5.16. The van der Waals surface area contributed by atoms with Gasteiger partial charge in [-0.2, -0.15) is 0 Å². The lowest BCUT2D eigenvalue weighted by Gasteiger charge is -2.18. The summed E-state index contributed by atoms with van der Waals surface area (Å²) in [7, 11) is 1.68. The number of aliphatic hydroxyl groups excluding tert-OH is 2. The molecule has 0 heterocycles. The summed E-state index contributed by atoms with van der Waals surface area (Å²) >= 11 is 0. The number of halogens is 2. The van der Waals surface area contributed by atoms with Crippen LogP contribution in [0, 0.1) is 11.6 Å². The highest BCUT2D eigenvalue weighted by molar-refractivity contribution is 5.31. The van der Waals surface area contributed by atoms with E-state index in [1.165, 1.54) is 0 Å². The van der Waals surface area contributed by atoms with Crippen LogP contribution >= 0.6 is 0 Å². The molecule has 0 aliphatic heterocycles. The van der Waals surface area contributed by atoms with Gasteiger partial charge in [-0.15, -0.1) is 0 Å². The molecule has 0 fully saturated rings. The molecule has 6 heteroatoms. The van der Waals surface area contributed by atoms with E-state index in [1.54, 1.807) is 7.05 Å². The van der Waals surface area contributed by atoms with Gasteiger partial charge in [-0.25, -0.2) is 8.78 Å². The molecule has 0 aromatic heterocycles. The minimum absolute atomic E-state index is 0.110. The number of benzene rings is 1. The highest BCUT2D eigenvalue weighted by Crippen LogP contribution is 2.26. The van der Waals surface area contributed by atoms with Crippen molar-refractivity contribution in [2.45, 2.75) is 18.6 Å². The molecule has 0 saturated heterocycles. The monoisotopic (exact) mass is 247 g/mol. The molecular weight excluding hydrogens is 232 g/mol. The molecule has 2 unspecified atom stereocenters. The predicted molar refractivity (Wildman–Crippen MR) is 57.5 cm³/mol. The molecule has 4 N–H and O–H groups in total. The van der Waals surface area contributed by atoms with Crippen molar-refractivity contribution in [3.63, 3.8) is 0 Å². The minimum atomic E-state index is -1.40. The molecule has 96 valence electrons. The van der Waals surface area contributed by atoms with Crippen molar-refractivity contribution >= 4 is 0 Å². The van der Waals surface area contributed by atoms with Gasteiger partial charge in [0.05, 0.1) is 6.10 Å². The van der Waals surface area contributed by atoms with Gasteiger partial charge in [0, 0.05) is 0 Å². The minimum Gasteiger partial charge on any atom is -0.503 e. The number of aromatic hydroxyl groups is 1. The third kappa shape index (κ3) is 3.36. The molecule has 1 aromatic rings. The normalized spacial score (nSPS) is 14.6. The molecule has 0 amide bonds. The molecule has 0 aliphatic carbocycles. The van der Waals surface area contributed by atoms with E-state index in [0.29, 0.717) is 6.54 Å². The Labute approximate surface area is 97.5 Å². The van der Waals surface area contributed by atoms with Crippen molar-refractivity contribution in [1.29, 1.82) is 0 Å². The van der Waals surface area contributed by atoms with Crippen LogP contribution < -0.4 is 5.32 Å². The van der Waals surface area contributed by atoms with Gasteiger partial charge in [-0.05, 0) is 37.7 Å². The van der Waals surface area contributed by atoms with E-state index in [4.69, 9.17) is 5.11 Å². The zero-order valence-corrected chi connectivity index (χ0v) is 9.32. The largest absolute Gasteiger partial charge is 0.503 e. The summed E-state index contributed by atoms with van der Waals surface area (Å²) in [6.45, 7) is 0.460. The molecule has 0 aliphatic rings. The maximum Gasteiger partial charge on any atom is 0.187 e. The van der Waals surface area contributed by atoms with Crippen LogP contribution in [0.4, 0.5) is 8.78 Å². The summed E-state index contributed by atoms with van der Waals surface area (Å²) in [5.41, 5.74) is -0.110. The van der Waals surface area contributed by atoms with Crippen molar-refractivity contribution in [2.24, 2.45) is 0 Å². The fourth-order valence-electron chi connectivity index (χ4n) is 1.43. The average Bonchev–Trinajstić information content (AvgIpc) is 2.31. The van der Waals surface area contributed by atoms with Crippen molar-refractivity contribution in [3.8, 4) is 5.75 Å². The Balaban J connectivity index is 2.85. The van der Waals surface area contributed by atoms with Gasteiger partial charge in [0.2, 0.25) is 0 Å². The number of phenolic OH excluding ortho intramolecular Hbond substituents is 1. The Morgan fingerprint density at radius 1 is 1.24 bits per heavy atom. The van der Waals surface area contributed by atoms with Crippen LogP contribution in [0.25, 0.3) is 0 Å². The maximum absolute atomic E-state index is 13.0. The molecule has 0 saturated carbocycles. The summed E-state index contributed by atoms with van der Waals surface area (Å²) in [4.78, 5) is 0. The number of rotatable bonds is 5. The average molecular weight is 247 g/mol. The van der Waals surface area contributed by atoms with Crippen LogP contribution in [-0.4, -0.2) is 35.0 Å². The smallest absolute Gasteiger partial charge is 0.187 e. The van der Waals surface area contributed by atoms with E-state index >= 15 is 0 Å². The molecule has 1 rings (SSSR count). The van der Waals surface area contributed by atoms with Gasteiger partial charge in [-0.3, -0.25) is 0 Å². The molecule has 1 aromatic carbocycles. The molecule has 2 atom stereocenters. The molecular formula is C11H15F2NO3. The topological polar surface area (TPSA) is 72.7 Å². The number of nitrogens with one attached hydrogen (secondary N) is 1. The van der Waals surface area contributed by atoms with Gasteiger partial charge in [0.1, 0.15) is 6.10 Å². The van der Waals surface area contributed by atoms with E-state index in [0.717, 1.165) is 12.1 Å². The second-order valence-electron chi connectivity index (χ2n) is 3.74. The van der Waals surface area contributed by atoms with E-state index in [1.807, 2.05) is 0 Å². The highest BCUT2D eigenvalue weighted by atomic mass is 19.1. The van der Waals surface area contributed by atoms with Gasteiger partial charge < -0.3 is 20.6 Å². The fraction of sp³-hybridized carbons (Fsp3) is 0.455. The van der Waals surface area contributed by atoms with Crippen molar-refractivity contribution < 1.29 is 24.1 Å². The Kier molecular flexibility index (Phi) is 4.80. The molecule has 0 radical (unpaired) electrons. The van der Waals surface area contributed by atoms with Crippen molar-refractivity contribution in [2.75, 3.05) is 13.6 Å². The summed E-state index contributed by atoms with van der Waals surface area (Å²) in [5.74, 6) is -3.43. The SMILES string of the molecule is CNCCC(O)C(O)c1cc(F)c(O)c(F)c1. The first-order chi connectivity index (χ1) is 7.97. The summed E-state index contributed by atoms with van der Waals surface area (Å²) in [6, 6.07) is 1.59. The maximum atomic E-state index is 13.0. The Morgan fingerprint density at radius 3 is 2.24 bits per heavy atom. The predicted octanol–water partition coefficient (Wildman–Crippen LogP) is 0.674. The highest BCUT2D eigenvalue weighted by Gasteiger charge is 2.21. The van der Waals surface area contributed by atoms with Crippen LogP contribution in [0.2, 0.25) is 0 Å². The van der Waals surface area contributed by atoms with Gasteiger partial charge in [0.15, 0.2) is 17.4 Å². The number of aliphatic hydroxyl groups is 2. The van der Waals surface area contributed by atoms with Crippen molar-refractivity contribution in [1.82, 2.24) is 5.32 Å². The molecule has 4 nitrogen and oxygen atoms in total. The summed E-state index contributed by atoms with van der Waals surface area (Å²) in [6.07, 6.45) is -2.29. The van der Waals surface area contributed by atoms with E-state index in [-0.39, 0.29) is 12.0 Å². The second kappa shape index (κ2) is 5.90. The first kappa shape index (κ1) is 13.8. The Hall–Kier alpha value is -1.24. The van der Waals surface area contributed by atoms with Crippen LogP contribution in [0.15, 0.2) is 12.1 Å². The first-order valence-corrected chi connectivity index (χ1v) is 5.16. The molecule has 0 bridgehead atoms. The molecule has 0 spiro atoms. The van der Waals surface area contributed by atoms with Crippen LogP contribution in [-0.2, 0) is 0 Å². The van der Waals surface area contributed by atoms with Crippen molar-refractivity contribution in [3.05, 3.63) is 29.3 Å². The second-order valence-corrected chi connectivity index (χ2v) is 3.74. The van der Waals surface area contributed by atoms with Gasteiger partial charge in [0.25, 0.3) is 0 Å². The third-order valence-corrected chi connectivity index (χ3v) is 2.44. The number of hydrogen-bond donors (Lipinski definition) is 4. The Morgan fingerprint density at radius 2 is 1.76 bits per heavy atom. The van der Waals surface area contributed by atoms with E-state index in [2.05, 4.69) is 5.32 Å². The number of hydrogen-bond acceptors (Lipinski definition) is 4. The lowest BCUT2D eigenvalue weighted by atomic mass is 10.0.